The lowest BCUT2D eigenvalue weighted by Crippen LogP contribution is -2.31. The summed E-state index contributed by atoms with van der Waals surface area (Å²) < 4.78 is 53.6. The summed E-state index contributed by atoms with van der Waals surface area (Å²) in [4.78, 5) is 10.5. The van der Waals surface area contributed by atoms with Crippen molar-refractivity contribution in [2.24, 2.45) is 31.8 Å². The van der Waals surface area contributed by atoms with Crippen LogP contribution in [0.15, 0.2) is 55.3 Å². The van der Waals surface area contributed by atoms with Crippen molar-refractivity contribution < 1.29 is 16.8 Å². The van der Waals surface area contributed by atoms with E-state index in [0.29, 0.717) is 28.0 Å². The lowest BCUT2D eigenvalue weighted by Gasteiger charge is -2.17. The third-order valence-electron chi connectivity index (χ3n) is 4.85. The van der Waals surface area contributed by atoms with Gasteiger partial charge in [0.25, 0.3) is 0 Å². The van der Waals surface area contributed by atoms with Crippen LogP contribution in [-0.4, -0.2) is 52.4 Å². The fraction of sp³-hybridized carbons (Fsp3) is 0.222. The van der Waals surface area contributed by atoms with Crippen molar-refractivity contribution in [2.75, 3.05) is 19.8 Å². The van der Waals surface area contributed by atoms with Gasteiger partial charge >= 0.3 is 0 Å². The predicted molar refractivity (Wildman–Crippen MR) is 121 cm³/mol. The third-order valence-corrected chi connectivity index (χ3v) is 7.48. The number of amidine groups is 1. The number of imidazole rings is 1. The van der Waals surface area contributed by atoms with Gasteiger partial charge in [-0.25, -0.2) is 36.7 Å². The fourth-order valence-corrected chi connectivity index (χ4v) is 6.18. The number of nitrogens with zero attached hydrogens (tertiary/aromatic N) is 4. The summed E-state index contributed by atoms with van der Waals surface area (Å²) in [5.74, 6) is 0.463. The highest BCUT2D eigenvalue weighted by Crippen LogP contribution is 2.37. The van der Waals surface area contributed by atoms with E-state index in [1.807, 2.05) is 0 Å². The van der Waals surface area contributed by atoms with Crippen molar-refractivity contribution in [3.63, 3.8) is 0 Å². The molecule has 3 aromatic rings. The van der Waals surface area contributed by atoms with Crippen LogP contribution in [0.1, 0.15) is 11.4 Å². The van der Waals surface area contributed by atoms with Crippen LogP contribution in [0.3, 0.4) is 0 Å². The number of aromatic nitrogens is 2. The molecule has 1 aromatic heterocycles. The van der Waals surface area contributed by atoms with Crippen LogP contribution < -0.4 is 21.3 Å². The largest absolute Gasteiger partial charge is 0.341 e. The number of para-hydroxylation sites is 1. The Morgan fingerprint density at radius 1 is 1.06 bits per heavy atom. The molecule has 15 heteroatoms. The first-order chi connectivity index (χ1) is 15.7. The van der Waals surface area contributed by atoms with E-state index in [-0.39, 0.29) is 37.7 Å². The maximum atomic E-state index is 12.9. The summed E-state index contributed by atoms with van der Waals surface area (Å²) in [5, 5.41) is 13.2. The molecule has 0 spiro atoms. The molecule has 0 aliphatic carbocycles. The van der Waals surface area contributed by atoms with Gasteiger partial charge in [0.05, 0.1) is 23.1 Å². The van der Waals surface area contributed by atoms with Crippen LogP contribution in [0, 0.1) is 0 Å². The molecule has 2 aromatic carbocycles. The Hall–Kier alpha value is -3.08. The number of fused-ring (bicyclic) bond motifs is 1. The van der Waals surface area contributed by atoms with Gasteiger partial charge in [0.15, 0.2) is 12.5 Å². The number of nitrogens with one attached hydrogen (secondary N) is 2. The van der Waals surface area contributed by atoms with E-state index in [9.17, 15) is 16.8 Å². The molecular weight excluding hydrogens is 470 g/mol. The number of rotatable bonds is 8. The van der Waals surface area contributed by atoms with Crippen molar-refractivity contribution >= 4 is 36.9 Å². The second kappa shape index (κ2) is 8.69. The molecule has 33 heavy (non-hydrogen) atoms. The van der Waals surface area contributed by atoms with Crippen molar-refractivity contribution in [3.05, 3.63) is 41.7 Å². The maximum Gasteiger partial charge on any atom is 0.241 e. The van der Waals surface area contributed by atoms with Crippen LogP contribution in [0.4, 0.5) is 0 Å². The summed E-state index contributed by atoms with van der Waals surface area (Å²) in [6, 6.07) is 7.86. The number of aliphatic imine (C=N–C) groups is 1. The van der Waals surface area contributed by atoms with Crippen LogP contribution in [0.2, 0.25) is 0 Å². The van der Waals surface area contributed by atoms with Gasteiger partial charge < -0.3 is 16.5 Å². The molecule has 0 fully saturated rings. The van der Waals surface area contributed by atoms with Crippen LogP contribution in [-0.2, 0) is 26.6 Å². The number of benzene rings is 2. The topological polar surface area (TPSA) is 224 Å². The Bertz CT molecular complexity index is 1510. The van der Waals surface area contributed by atoms with Gasteiger partial charge in [-0.1, -0.05) is 18.2 Å². The molecule has 174 valence electrons. The Morgan fingerprint density at radius 2 is 1.85 bits per heavy atom. The monoisotopic (exact) mass is 491 g/mol. The van der Waals surface area contributed by atoms with Crippen molar-refractivity contribution in [2.45, 2.75) is 16.3 Å². The van der Waals surface area contributed by atoms with Gasteiger partial charge in [-0.2, -0.15) is 5.11 Å². The zero-order chi connectivity index (χ0) is 23.8. The molecule has 0 amide bonds. The van der Waals surface area contributed by atoms with Crippen molar-refractivity contribution in [1.29, 1.82) is 0 Å². The lowest BCUT2D eigenvalue weighted by molar-refractivity contribution is 0.573. The molecule has 4 rings (SSSR count). The summed E-state index contributed by atoms with van der Waals surface area (Å²) in [5.41, 5.74) is 13.0. The molecule has 0 saturated heterocycles. The van der Waals surface area contributed by atoms with E-state index in [2.05, 4.69) is 29.9 Å². The first-order valence-corrected chi connectivity index (χ1v) is 12.7. The van der Waals surface area contributed by atoms with E-state index >= 15 is 0 Å². The van der Waals surface area contributed by atoms with Gasteiger partial charge in [0.2, 0.25) is 20.0 Å². The maximum absolute atomic E-state index is 12.9. The minimum Gasteiger partial charge on any atom is -0.341 e. The zero-order valence-corrected chi connectivity index (χ0v) is 18.8. The zero-order valence-electron chi connectivity index (χ0n) is 17.2. The number of hydrogen-bond donors (Lipinski definition) is 5. The highest BCUT2D eigenvalue weighted by molar-refractivity contribution is 7.92. The summed E-state index contributed by atoms with van der Waals surface area (Å²) in [7, 11) is -8.86. The minimum atomic E-state index is -4.57. The Kier molecular flexibility index (Phi) is 6.08. The number of hydrogen-bond acceptors (Lipinski definition) is 10. The summed E-state index contributed by atoms with van der Waals surface area (Å²) >= 11 is 0. The highest BCUT2D eigenvalue weighted by Gasteiger charge is 2.33. The summed E-state index contributed by atoms with van der Waals surface area (Å²) in [6.07, 6.45) is 0. The standard InChI is InChI=1S/C18H21N9O4S2/c19-6-7-24-33(30,31)13-5-4-10(11-2-1-3-12-16(11)26-14(8-20)25-12)15(17(13)32(21,28)29)18-22-9-23-27-18/h1-5,24H,6-9,19-20H2,(H,25,26)(H2,21,28,29). The van der Waals surface area contributed by atoms with Gasteiger partial charge in [-0.05, 0) is 17.7 Å². The number of primary sulfonamides is 1. The fourth-order valence-electron chi connectivity index (χ4n) is 3.53. The first kappa shape index (κ1) is 23.1. The molecule has 8 N–H and O–H groups in total. The number of azo groups is 1. The van der Waals surface area contributed by atoms with Gasteiger partial charge in [-0.3, -0.25) is 0 Å². The van der Waals surface area contributed by atoms with Gasteiger partial charge in [-0.15, -0.1) is 5.11 Å². The molecule has 0 radical (unpaired) electrons. The number of aromatic amines is 1. The Labute approximate surface area is 189 Å². The molecule has 0 bridgehead atoms. The average Bonchev–Trinajstić information content (AvgIpc) is 3.45. The van der Waals surface area contributed by atoms with E-state index < -0.39 is 29.8 Å². The second-order valence-electron chi connectivity index (χ2n) is 7.00. The SMILES string of the molecule is NCCNS(=O)(=O)c1ccc(-c2cccc3[nH]c(CN)nc23)c(C2=NCN=N2)c1S(N)(=O)=O. The quantitative estimate of drug-likeness (QED) is 0.283. The van der Waals surface area contributed by atoms with Gasteiger partial charge in [0.1, 0.15) is 15.6 Å². The number of H-pyrrole nitrogens is 1. The van der Waals surface area contributed by atoms with E-state index in [1.54, 1.807) is 18.2 Å². The van der Waals surface area contributed by atoms with E-state index in [0.717, 1.165) is 0 Å². The molecule has 0 atom stereocenters. The normalized spacial score (nSPS) is 14.2. The molecule has 2 heterocycles. The Morgan fingerprint density at radius 3 is 2.48 bits per heavy atom. The van der Waals surface area contributed by atoms with Crippen LogP contribution in [0.25, 0.3) is 22.2 Å². The molecule has 0 saturated carbocycles. The Balaban J connectivity index is 2.11. The molecular formula is C18H21N9O4S2. The third kappa shape index (κ3) is 4.29. The van der Waals surface area contributed by atoms with Crippen LogP contribution in [0.5, 0.6) is 0 Å². The first-order valence-electron chi connectivity index (χ1n) is 9.67. The van der Waals surface area contributed by atoms with Crippen LogP contribution >= 0.6 is 0 Å². The van der Waals surface area contributed by atoms with E-state index in [4.69, 9.17) is 16.6 Å². The van der Waals surface area contributed by atoms with Crippen molar-refractivity contribution in [1.82, 2.24) is 14.7 Å². The highest BCUT2D eigenvalue weighted by atomic mass is 32.2. The average molecular weight is 492 g/mol. The van der Waals surface area contributed by atoms with Crippen molar-refractivity contribution in [3.8, 4) is 11.1 Å². The molecule has 1 aliphatic rings. The van der Waals surface area contributed by atoms with E-state index in [1.165, 1.54) is 12.1 Å². The number of nitrogens with two attached hydrogens (primary N) is 3. The minimum absolute atomic E-state index is 0.0143. The molecule has 1 aliphatic heterocycles. The van der Waals surface area contributed by atoms with Gasteiger partial charge in [0, 0.05) is 18.7 Å². The molecule has 0 unspecified atom stereocenters. The number of sulfonamides is 2. The summed E-state index contributed by atoms with van der Waals surface area (Å²) in [6.45, 7) is 0.0402. The lowest BCUT2D eigenvalue weighted by atomic mass is 9.97. The molecule has 13 nitrogen and oxygen atoms in total. The smallest absolute Gasteiger partial charge is 0.241 e. The second-order valence-corrected chi connectivity index (χ2v) is 10.2. The predicted octanol–water partition coefficient (Wildman–Crippen LogP) is -0.257.